The van der Waals surface area contributed by atoms with Crippen LogP contribution in [0.1, 0.15) is 34.9 Å². The zero-order valence-corrected chi connectivity index (χ0v) is 16.2. The maximum absolute atomic E-state index is 13.3. The average Bonchev–Trinajstić information content (AvgIpc) is 3.17. The first kappa shape index (κ1) is 17.4. The van der Waals surface area contributed by atoms with Crippen LogP contribution in [0.4, 0.5) is 5.69 Å². The summed E-state index contributed by atoms with van der Waals surface area (Å²) in [7, 11) is 1.65. The molecular weight excluding hydrogens is 396 g/mol. The SMILES string of the molecule is COc1ccc(Br)cc1[C@H]1Nc2ccccc2C(=O)N1C[C@H]1CCCO1. The van der Waals surface area contributed by atoms with Crippen LogP contribution in [-0.4, -0.2) is 37.2 Å². The Morgan fingerprint density at radius 3 is 2.92 bits per heavy atom. The number of fused-ring (bicyclic) bond motifs is 1. The number of nitrogens with one attached hydrogen (secondary N) is 1. The van der Waals surface area contributed by atoms with Crippen molar-refractivity contribution in [1.29, 1.82) is 0 Å². The molecule has 0 spiro atoms. The highest BCUT2D eigenvalue weighted by Gasteiger charge is 2.36. The highest BCUT2D eigenvalue weighted by molar-refractivity contribution is 9.10. The maximum atomic E-state index is 13.3. The number of carbonyl (C=O) groups is 1. The van der Waals surface area contributed by atoms with Crippen LogP contribution in [-0.2, 0) is 4.74 Å². The summed E-state index contributed by atoms with van der Waals surface area (Å²) >= 11 is 3.54. The summed E-state index contributed by atoms with van der Waals surface area (Å²) < 4.78 is 12.3. The van der Waals surface area contributed by atoms with Crippen LogP contribution < -0.4 is 10.1 Å². The molecule has 26 heavy (non-hydrogen) atoms. The summed E-state index contributed by atoms with van der Waals surface area (Å²) in [5.41, 5.74) is 2.45. The van der Waals surface area contributed by atoms with E-state index >= 15 is 0 Å². The topological polar surface area (TPSA) is 50.8 Å². The fourth-order valence-electron chi connectivity index (χ4n) is 3.65. The molecule has 2 heterocycles. The van der Waals surface area contributed by atoms with Crippen LogP contribution >= 0.6 is 15.9 Å². The summed E-state index contributed by atoms with van der Waals surface area (Å²) in [6, 6.07) is 13.5. The first-order valence-electron chi connectivity index (χ1n) is 8.79. The van der Waals surface area contributed by atoms with Crippen molar-refractivity contribution >= 4 is 27.5 Å². The highest BCUT2D eigenvalue weighted by Crippen LogP contribution is 2.38. The van der Waals surface area contributed by atoms with Gasteiger partial charge in [0.25, 0.3) is 5.91 Å². The minimum atomic E-state index is -0.311. The van der Waals surface area contributed by atoms with E-state index in [9.17, 15) is 4.79 Å². The number of methoxy groups -OCH3 is 1. The number of rotatable bonds is 4. The molecule has 2 aromatic carbocycles. The van der Waals surface area contributed by atoms with Gasteiger partial charge in [0.15, 0.2) is 0 Å². The molecule has 0 saturated carbocycles. The number of anilines is 1. The van der Waals surface area contributed by atoms with Gasteiger partial charge in [-0.05, 0) is 43.2 Å². The number of ether oxygens (including phenoxy) is 2. The predicted molar refractivity (Wildman–Crippen MR) is 104 cm³/mol. The number of halogens is 1. The molecule has 1 N–H and O–H groups in total. The van der Waals surface area contributed by atoms with Gasteiger partial charge in [0.05, 0.1) is 18.8 Å². The predicted octanol–water partition coefficient (Wildman–Crippen LogP) is 4.20. The lowest BCUT2D eigenvalue weighted by atomic mass is 10.0. The summed E-state index contributed by atoms with van der Waals surface area (Å²) in [5, 5.41) is 3.52. The van der Waals surface area contributed by atoms with E-state index in [0.717, 1.165) is 40.9 Å². The fourth-order valence-corrected chi connectivity index (χ4v) is 4.03. The Hall–Kier alpha value is -2.05. The number of hydrogen-bond acceptors (Lipinski definition) is 4. The molecule has 2 atom stereocenters. The van der Waals surface area contributed by atoms with Crippen molar-refractivity contribution in [3.63, 3.8) is 0 Å². The lowest BCUT2D eigenvalue weighted by molar-refractivity contribution is 0.0424. The molecule has 136 valence electrons. The Balaban J connectivity index is 1.77. The van der Waals surface area contributed by atoms with Crippen LogP contribution in [0.5, 0.6) is 5.75 Å². The molecule has 0 unspecified atom stereocenters. The molecular formula is C20H21BrN2O3. The van der Waals surface area contributed by atoms with Crippen molar-refractivity contribution in [3.8, 4) is 5.75 Å². The van der Waals surface area contributed by atoms with Crippen LogP contribution in [0, 0.1) is 0 Å². The second-order valence-corrected chi connectivity index (χ2v) is 7.49. The van der Waals surface area contributed by atoms with Crippen molar-refractivity contribution in [2.24, 2.45) is 0 Å². The van der Waals surface area contributed by atoms with Crippen molar-refractivity contribution < 1.29 is 14.3 Å². The van der Waals surface area contributed by atoms with E-state index in [1.165, 1.54) is 0 Å². The van der Waals surface area contributed by atoms with E-state index in [1.807, 2.05) is 47.4 Å². The first-order valence-corrected chi connectivity index (χ1v) is 9.58. The first-order chi connectivity index (χ1) is 12.7. The molecule has 1 fully saturated rings. The standard InChI is InChI=1S/C20H21BrN2O3/c1-25-18-9-8-13(21)11-16(18)19-22-17-7-3-2-6-15(17)20(24)23(19)12-14-5-4-10-26-14/h2-3,6-9,11,14,19,22H,4-5,10,12H2,1H3/t14-,19+/m1/s1. The number of nitrogens with zero attached hydrogens (tertiary/aromatic N) is 1. The van der Waals surface area contributed by atoms with Crippen molar-refractivity contribution in [3.05, 3.63) is 58.1 Å². The number of hydrogen-bond donors (Lipinski definition) is 1. The molecule has 4 rings (SSSR count). The zero-order chi connectivity index (χ0) is 18.1. The van der Waals surface area contributed by atoms with Crippen molar-refractivity contribution in [1.82, 2.24) is 4.90 Å². The Bertz CT molecular complexity index is 820. The molecule has 0 aromatic heterocycles. The zero-order valence-electron chi connectivity index (χ0n) is 14.6. The maximum Gasteiger partial charge on any atom is 0.257 e. The van der Waals surface area contributed by atoms with E-state index < -0.39 is 0 Å². The van der Waals surface area contributed by atoms with E-state index in [-0.39, 0.29) is 18.2 Å². The Morgan fingerprint density at radius 1 is 1.31 bits per heavy atom. The van der Waals surface area contributed by atoms with Crippen LogP contribution in [0.15, 0.2) is 46.9 Å². The summed E-state index contributed by atoms with van der Waals surface area (Å²) in [4.78, 5) is 15.1. The minimum absolute atomic E-state index is 0.0156. The molecule has 0 radical (unpaired) electrons. The monoisotopic (exact) mass is 416 g/mol. The molecule has 0 bridgehead atoms. The molecule has 1 saturated heterocycles. The Labute approximate surface area is 161 Å². The molecule has 2 aromatic rings. The number of benzene rings is 2. The van der Waals surface area contributed by atoms with Crippen molar-refractivity contribution in [2.75, 3.05) is 25.6 Å². The second kappa shape index (κ2) is 7.29. The summed E-state index contributed by atoms with van der Waals surface area (Å²) in [6.45, 7) is 1.32. The molecule has 2 aliphatic rings. The van der Waals surface area contributed by atoms with E-state index in [4.69, 9.17) is 9.47 Å². The second-order valence-electron chi connectivity index (χ2n) is 6.57. The fraction of sp³-hybridized carbons (Fsp3) is 0.350. The van der Waals surface area contributed by atoms with Gasteiger partial charge in [-0.3, -0.25) is 4.79 Å². The lowest BCUT2D eigenvalue weighted by Gasteiger charge is -2.39. The van der Waals surface area contributed by atoms with E-state index in [2.05, 4.69) is 21.2 Å². The van der Waals surface area contributed by atoms with Gasteiger partial charge in [-0.25, -0.2) is 0 Å². The molecule has 6 heteroatoms. The van der Waals surface area contributed by atoms with Gasteiger partial charge in [0, 0.05) is 28.9 Å². The van der Waals surface area contributed by atoms with Gasteiger partial charge in [-0.1, -0.05) is 28.1 Å². The van der Waals surface area contributed by atoms with Gasteiger partial charge in [-0.2, -0.15) is 0 Å². The average molecular weight is 417 g/mol. The van der Waals surface area contributed by atoms with E-state index in [1.54, 1.807) is 7.11 Å². The van der Waals surface area contributed by atoms with Crippen LogP contribution in [0.2, 0.25) is 0 Å². The van der Waals surface area contributed by atoms with Crippen LogP contribution in [0.25, 0.3) is 0 Å². The summed E-state index contributed by atoms with van der Waals surface area (Å²) in [5.74, 6) is 0.761. The third kappa shape index (κ3) is 3.19. The van der Waals surface area contributed by atoms with Gasteiger partial charge in [0.1, 0.15) is 11.9 Å². The normalized spacial score (nSPS) is 22.1. The van der Waals surface area contributed by atoms with E-state index in [0.29, 0.717) is 12.1 Å². The quantitative estimate of drug-likeness (QED) is 0.810. The molecule has 2 aliphatic heterocycles. The van der Waals surface area contributed by atoms with Gasteiger partial charge < -0.3 is 19.7 Å². The van der Waals surface area contributed by atoms with Gasteiger partial charge in [0.2, 0.25) is 0 Å². The molecule has 1 amide bonds. The largest absolute Gasteiger partial charge is 0.496 e. The molecule has 5 nitrogen and oxygen atoms in total. The number of para-hydroxylation sites is 1. The van der Waals surface area contributed by atoms with Gasteiger partial charge in [-0.15, -0.1) is 0 Å². The summed E-state index contributed by atoms with van der Waals surface area (Å²) in [6.07, 6.45) is 1.79. The smallest absolute Gasteiger partial charge is 0.257 e. The van der Waals surface area contributed by atoms with Gasteiger partial charge >= 0.3 is 0 Å². The molecule has 0 aliphatic carbocycles. The highest BCUT2D eigenvalue weighted by atomic mass is 79.9. The third-order valence-electron chi connectivity index (χ3n) is 4.93. The Kier molecular flexibility index (Phi) is 4.87. The third-order valence-corrected chi connectivity index (χ3v) is 5.43. The Morgan fingerprint density at radius 2 is 2.15 bits per heavy atom. The number of amides is 1. The number of carbonyl (C=O) groups excluding carboxylic acids is 1. The van der Waals surface area contributed by atoms with Crippen LogP contribution in [0.3, 0.4) is 0 Å². The lowest BCUT2D eigenvalue weighted by Crippen LogP contribution is -2.46. The minimum Gasteiger partial charge on any atom is -0.496 e. The van der Waals surface area contributed by atoms with Crippen molar-refractivity contribution in [2.45, 2.75) is 25.1 Å².